The van der Waals surface area contributed by atoms with Crippen LogP contribution in [0, 0.1) is 5.92 Å². The molecular formula is C24H21ClN4O2S. The van der Waals surface area contributed by atoms with E-state index >= 15 is 0 Å². The standard InChI is InChI=1S/C24H21ClN4O2S/c25-17-6-8-18(9-7-17)26-22(30)16-10-13-28(14-11-16)24-27-20-12-15-32-21(20)23(31)29(24)19-4-2-1-3-5-19/h1-9,12,15-16H,10-11,13-14H2,(H,26,30). The molecule has 162 valence electrons. The Hall–Kier alpha value is -3.16. The van der Waals surface area contributed by atoms with E-state index in [0.29, 0.717) is 47.1 Å². The highest BCUT2D eigenvalue weighted by Crippen LogP contribution is 2.27. The average molecular weight is 465 g/mol. The van der Waals surface area contributed by atoms with Crippen LogP contribution in [0.25, 0.3) is 15.9 Å². The number of nitrogens with one attached hydrogen (secondary N) is 1. The van der Waals surface area contributed by atoms with Crippen LogP contribution < -0.4 is 15.8 Å². The minimum Gasteiger partial charge on any atom is -0.342 e. The first-order valence-electron chi connectivity index (χ1n) is 10.5. The summed E-state index contributed by atoms with van der Waals surface area (Å²) in [6.45, 7) is 1.29. The van der Waals surface area contributed by atoms with Crippen molar-refractivity contribution in [1.29, 1.82) is 0 Å². The van der Waals surface area contributed by atoms with Crippen LogP contribution in [0.5, 0.6) is 0 Å². The summed E-state index contributed by atoms with van der Waals surface area (Å²) in [5.41, 5.74) is 2.18. The number of aromatic nitrogens is 2. The Kier molecular flexibility index (Phi) is 5.68. The molecule has 1 saturated heterocycles. The number of nitrogens with zero attached hydrogens (tertiary/aromatic N) is 3. The molecule has 5 rings (SSSR count). The number of para-hydroxylation sites is 1. The number of amides is 1. The number of carbonyl (C=O) groups excluding carboxylic acids is 1. The Balaban J connectivity index is 1.38. The summed E-state index contributed by atoms with van der Waals surface area (Å²) in [6.07, 6.45) is 1.37. The van der Waals surface area contributed by atoms with Crippen molar-refractivity contribution in [2.24, 2.45) is 5.92 Å². The van der Waals surface area contributed by atoms with Crippen molar-refractivity contribution in [2.75, 3.05) is 23.3 Å². The molecule has 3 heterocycles. The topological polar surface area (TPSA) is 67.2 Å². The van der Waals surface area contributed by atoms with Crippen LogP contribution in [0.4, 0.5) is 11.6 Å². The molecular weight excluding hydrogens is 444 g/mol. The quantitative estimate of drug-likeness (QED) is 0.463. The van der Waals surface area contributed by atoms with Crippen molar-refractivity contribution in [3.63, 3.8) is 0 Å². The Bertz CT molecular complexity index is 1310. The lowest BCUT2D eigenvalue weighted by Crippen LogP contribution is -2.41. The number of hydrogen-bond donors (Lipinski definition) is 1. The molecule has 1 aliphatic rings. The second kappa shape index (κ2) is 8.76. The van der Waals surface area contributed by atoms with E-state index in [-0.39, 0.29) is 17.4 Å². The summed E-state index contributed by atoms with van der Waals surface area (Å²) in [6, 6.07) is 18.6. The van der Waals surface area contributed by atoms with Crippen molar-refractivity contribution in [3.8, 4) is 5.69 Å². The van der Waals surface area contributed by atoms with E-state index in [4.69, 9.17) is 16.6 Å². The van der Waals surface area contributed by atoms with E-state index in [0.717, 1.165) is 11.4 Å². The van der Waals surface area contributed by atoms with Crippen molar-refractivity contribution in [2.45, 2.75) is 12.8 Å². The zero-order chi connectivity index (χ0) is 22.1. The maximum absolute atomic E-state index is 13.3. The van der Waals surface area contributed by atoms with Gasteiger partial charge in [0.2, 0.25) is 11.9 Å². The molecule has 1 N–H and O–H groups in total. The number of halogens is 1. The number of fused-ring (bicyclic) bond motifs is 1. The van der Waals surface area contributed by atoms with E-state index in [1.165, 1.54) is 11.3 Å². The van der Waals surface area contributed by atoms with Crippen LogP contribution in [0.2, 0.25) is 5.02 Å². The number of rotatable bonds is 4. The lowest BCUT2D eigenvalue weighted by atomic mass is 9.96. The number of thiophene rings is 1. The van der Waals surface area contributed by atoms with E-state index < -0.39 is 0 Å². The maximum atomic E-state index is 13.3. The van der Waals surface area contributed by atoms with Gasteiger partial charge in [0.05, 0.1) is 11.2 Å². The predicted molar refractivity (Wildman–Crippen MR) is 130 cm³/mol. The molecule has 0 aliphatic carbocycles. The Labute approximate surface area is 194 Å². The number of benzene rings is 2. The minimum absolute atomic E-state index is 0.00803. The molecule has 0 bridgehead atoms. The van der Waals surface area contributed by atoms with Gasteiger partial charge in [0.15, 0.2) is 0 Å². The minimum atomic E-state index is -0.0938. The fraction of sp³-hybridized carbons (Fsp3) is 0.208. The summed E-state index contributed by atoms with van der Waals surface area (Å²) in [4.78, 5) is 33.0. The lowest BCUT2D eigenvalue weighted by molar-refractivity contribution is -0.120. The Morgan fingerprint density at radius 1 is 1.03 bits per heavy atom. The number of piperidine rings is 1. The highest BCUT2D eigenvalue weighted by atomic mass is 35.5. The van der Waals surface area contributed by atoms with Crippen LogP contribution >= 0.6 is 22.9 Å². The molecule has 1 fully saturated rings. The summed E-state index contributed by atoms with van der Waals surface area (Å²) < 4.78 is 2.34. The zero-order valence-corrected chi connectivity index (χ0v) is 18.8. The van der Waals surface area contributed by atoms with Gasteiger partial charge in [-0.3, -0.25) is 9.59 Å². The third kappa shape index (κ3) is 4.01. The fourth-order valence-corrected chi connectivity index (χ4v) is 4.93. The predicted octanol–water partition coefficient (Wildman–Crippen LogP) is 4.96. The van der Waals surface area contributed by atoms with E-state index in [1.807, 2.05) is 41.8 Å². The molecule has 0 radical (unpaired) electrons. The van der Waals surface area contributed by atoms with Gasteiger partial charge in [0.25, 0.3) is 5.56 Å². The van der Waals surface area contributed by atoms with E-state index in [9.17, 15) is 9.59 Å². The van der Waals surface area contributed by atoms with Crippen molar-refractivity contribution in [3.05, 3.63) is 81.4 Å². The smallest absolute Gasteiger partial charge is 0.277 e. The second-order valence-electron chi connectivity index (χ2n) is 7.78. The fourth-order valence-electron chi connectivity index (χ4n) is 4.04. The molecule has 2 aromatic heterocycles. The van der Waals surface area contributed by atoms with E-state index in [1.54, 1.807) is 28.8 Å². The first kappa shape index (κ1) is 20.7. The number of carbonyl (C=O) groups is 1. The van der Waals surface area contributed by atoms with E-state index in [2.05, 4.69) is 10.2 Å². The van der Waals surface area contributed by atoms with Gasteiger partial charge in [0.1, 0.15) is 4.70 Å². The van der Waals surface area contributed by atoms with Gasteiger partial charge in [-0.15, -0.1) is 11.3 Å². The van der Waals surface area contributed by atoms with Crippen LogP contribution in [0.1, 0.15) is 12.8 Å². The van der Waals surface area contributed by atoms with Gasteiger partial charge < -0.3 is 10.2 Å². The van der Waals surface area contributed by atoms with Crippen molar-refractivity contribution >= 4 is 50.7 Å². The summed E-state index contributed by atoms with van der Waals surface area (Å²) >= 11 is 7.33. The highest BCUT2D eigenvalue weighted by Gasteiger charge is 2.28. The first-order valence-corrected chi connectivity index (χ1v) is 11.7. The molecule has 32 heavy (non-hydrogen) atoms. The molecule has 2 aromatic carbocycles. The molecule has 8 heteroatoms. The largest absolute Gasteiger partial charge is 0.342 e. The lowest BCUT2D eigenvalue weighted by Gasteiger charge is -2.33. The molecule has 0 saturated carbocycles. The average Bonchev–Trinajstić information content (AvgIpc) is 3.30. The Morgan fingerprint density at radius 3 is 2.47 bits per heavy atom. The molecule has 1 amide bonds. The monoisotopic (exact) mass is 464 g/mol. The van der Waals surface area contributed by atoms with Gasteiger partial charge in [-0.1, -0.05) is 29.8 Å². The first-order chi connectivity index (χ1) is 15.6. The van der Waals surface area contributed by atoms with Gasteiger partial charge >= 0.3 is 0 Å². The van der Waals surface area contributed by atoms with Crippen LogP contribution in [0.3, 0.4) is 0 Å². The molecule has 0 unspecified atom stereocenters. The molecule has 0 atom stereocenters. The molecule has 4 aromatic rings. The normalized spacial score (nSPS) is 14.6. The third-order valence-corrected chi connectivity index (χ3v) is 6.88. The van der Waals surface area contributed by atoms with Crippen LogP contribution in [-0.4, -0.2) is 28.5 Å². The van der Waals surface area contributed by atoms with Gasteiger partial charge in [-0.25, -0.2) is 9.55 Å². The van der Waals surface area contributed by atoms with Gasteiger partial charge in [-0.2, -0.15) is 0 Å². The second-order valence-corrected chi connectivity index (χ2v) is 9.13. The molecule has 6 nitrogen and oxygen atoms in total. The van der Waals surface area contributed by atoms with Gasteiger partial charge in [0, 0.05) is 29.7 Å². The molecule has 1 aliphatic heterocycles. The summed E-state index contributed by atoms with van der Waals surface area (Å²) in [7, 11) is 0. The van der Waals surface area contributed by atoms with Gasteiger partial charge in [-0.05, 0) is 60.7 Å². The Morgan fingerprint density at radius 2 is 1.75 bits per heavy atom. The van der Waals surface area contributed by atoms with Crippen LogP contribution in [0.15, 0.2) is 70.8 Å². The summed E-state index contributed by atoms with van der Waals surface area (Å²) in [5.74, 6) is 0.543. The maximum Gasteiger partial charge on any atom is 0.277 e. The van der Waals surface area contributed by atoms with Crippen molar-refractivity contribution in [1.82, 2.24) is 9.55 Å². The molecule has 0 spiro atoms. The number of anilines is 2. The van der Waals surface area contributed by atoms with Crippen molar-refractivity contribution < 1.29 is 4.79 Å². The number of hydrogen-bond acceptors (Lipinski definition) is 5. The highest BCUT2D eigenvalue weighted by molar-refractivity contribution is 7.17. The SMILES string of the molecule is O=C(Nc1ccc(Cl)cc1)C1CCN(c2nc3ccsc3c(=O)n2-c2ccccc2)CC1. The zero-order valence-electron chi connectivity index (χ0n) is 17.2. The summed E-state index contributed by atoms with van der Waals surface area (Å²) in [5, 5.41) is 5.50. The third-order valence-electron chi connectivity index (χ3n) is 5.74. The van der Waals surface area contributed by atoms with Crippen LogP contribution in [-0.2, 0) is 4.79 Å².